The molecule has 0 spiro atoms. The molecule has 1 saturated heterocycles. The molecule has 2 aromatic carbocycles. The van der Waals surface area contributed by atoms with Crippen LogP contribution in [0.15, 0.2) is 87.8 Å². The topological polar surface area (TPSA) is 162 Å². The molecule has 11 nitrogen and oxygen atoms in total. The first kappa shape index (κ1) is 30.7. The van der Waals surface area contributed by atoms with Gasteiger partial charge in [0.25, 0.3) is 0 Å². The number of aromatic nitrogens is 2. The van der Waals surface area contributed by atoms with E-state index in [0.717, 1.165) is 46.2 Å². The Labute approximate surface area is 260 Å². The Balaban J connectivity index is 1.36. The molecule has 0 aliphatic carbocycles. The minimum Gasteiger partial charge on any atom is -0.325 e. The van der Waals surface area contributed by atoms with Crippen LogP contribution in [0.2, 0.25) is 0 Å². The first-order valence-corrected chi connectivity index (χ1v) is 16.3. The number of nitrogens with one attached hydrogen (secondary N) is 1. The van der Waals surface area contributed by atoms with E-state index < -0.39 is 68.0 Å². The third-order valence-electron chi connectivity index (χ3n) is 7.29. The number of anilines is 2. The van der Waals surface area contributed by atoms with Crippen molar-refractivity contribution in [2.45, 2.75) is 33.8 Å². The summed E-state index contributed by atoms with van der Waals surface area (Å²) in [4.78, 5) is 58.4. The molecule has 0 saturated carbocycles. The van der Waals surface area contributed by atoms with Crippen LogP contribution >= 0.6 is 23.1 Å². The minimum absolute atomic E-state index is 0.161. The van der Waals surface area contributed by atoms with Crippen molar-refractivity contribution in [3.63, 3.8) is 0 Å². The fraction of sp³-hybridized carbons (Fsp3) is 0.179. The van der Waals surface area contributed by atoms with Crippen LogP contribution < -0.4 is 20.2 Å². The highest BCUT2D eigenvalue weighted by molar-refractivity contribution is 8.00. The van der Waals surface area contributed by atoms with Crippen molar-refractivity contribution in [2.24, 2.45) is 11.1 Å². The molecule has 6 rings (SSSR count). The number of carbonyl (C=O) groups excluding carboxylic acids is 3. The van der Waals surface area contributed by atoms with Gasteiger partial charge in [-0.3, -0.25) is 28.7 Å². The number of primary sulfonamides is 1. The number of hydrogen-bond acceptors (Lipinski definition) is 9. The molecule has 3 N–H and O–H groups in total. The van der Waals surface area contributed by atoms with Gasteiger partial charge in [-0.15, -0.1) is 0 Å². The highest BCUT2D eigenvalue weighted by atomic mass is 32.2. The van der Waals surface area contributed by atoms with E-state index in [1.165, 1.54) is 47.3 Å². The zero-order valence-corrected chi connectivity index (χ0v) is 25.0. The third kappa shape index (κ3) is 5.67. The molecular formula is C28H20F3N5O6S3. The third-order valence-corrected chi connectivity index (χ3v) is 10.8. The smallest absolute Gasteiger partial charge is 0.325 e. The molecule has 0 unspecified atom stereocenters. The van der Waals surface area contributed by atoms with Gasteiger partial charge in [-0.25, -0.2) is 18.5 Å². The Bertz CT molecular complexity index is 2010. The summed E-state index contributed by atoms with van der Waals surface area (Å²) in [6.07, 6.45) is -1.71. The Morgan fingerprint density at radius 2 is 1.76 bits per heavy atom. The maximum Gasteiger partial charge on any atom is 0.416 e. The average molecular weight is 676 g/mol. The molecule has 4 aromatic rings. The lowest BCUT2D eigenvalue weighted by atomic mass is 9.84. The van der Waals surface area contributed by atoms with Gasteiger partial charge in [0, 0.05) is 28.9 Å². The second-order valence-corrected chi connectivity index (χ2v) is 13.8. The van der Waals surface area contributed by atoms with Crippen LogP contribution in [0.1, 0.15) is 21.9 Å². The number of thioether (sulfide) groups is 1. The number of alkyl halides is 3. The van der Waals surface area contributed by atoms with E-state index in [1.54, 1.807) is 12.1 Å². The highest BCUT2D eigenvalue weighted by Gasteiger charge is 2.57. The summed E-state index contributed by atoms with van der Waals surface area (Å²) >= 11 is 1.70. The first-order chi connectivity index (χ1) is 21.2. The molecule has 0 radical (unpaired) electrons. The van der Waals surface area contributed by atoms with E-state index in [9.17, 15) is 40.8 Å². The van der Waals surface area contributed by atoms with Crippen molar-refractivity contribution in [1.82, 2.24) is 9.55 Å². The Morgan fingerprint density at radius 3 is 2.40 bits per heavy atom. The fourth-order valence-electron chi connectivity index (χ4n) is 5.32. The standard InChI is InChI=1S/C28H20F3N5O6S3/c29-28(30,31)15-4-1-5-17(11-15)36-24(38)21-20(14-3-2-10-33-12-14)23-26(43-22(21)25(36)39)35(27(40)44-23)13-19(37)34-16-6-8-18(9-7-16)45(32,41)42/h1-12,20-22H,13H2,(H,34,37)(H2,32,41,42)/t20-,21+,22-/m0/s1. The molecule has 0 bridgehead atoms. The van der Waals surface area contributed by atoms with Gasteiger partial charge >= 0.3 is 11.0 Å². The Kier molecular flexibility index (Phi) is 7.67. The number of rotatable bonds is 6. The molecule has 3 atom stereocenters. The van der Waals surface area contributed by atoms with Crippen molar-refractivity contribution >= 4 is 62.2 Å². The van der Waals surface area contributed by atoms with Crippen LogP contribution in [0.3, 0.4) is 0 Å². The van der Waals surface area contributed by atoms with Gasteiger partial charge in [0.1, 0.15) is 11.8 Å². The lowest BCUT2D eigenvalue weighted by molar-refractivity contribution is -0.137. The molecular weight excluding hydrogens is 656 g/mol. The Hall–Kier alpha value is -4.32. The van der Waals surface area contributed by atoms with E-state index in [-0.39, 0.29) is 21.3 Å². The summed E-state index contributed by atoms with van der Waals surface area (Å²) in [5, 5.41) is 6.83. The van der Waals surface area contributed by atoms with Gasteiger partial charge in [-0.05, 0) is 54.1 Å². The number of thiazole rings is 1. The minimum atomic E-state index is -4.70. The van der Waals surface area contributed by atoms with Gasteiger partial charge in [0.15, 0.2) is 0 Å². The molecule has 2 aliphatic rings. The maximum absolute atomic E-state index is 13.9. The van der Waals surface area contributed by atoms with E-state index in [2.05, 4.69) is 10.3 Å². The zero-order chi connectivity index (χ0) is 32.3. The lowest BCUT2D eigenvalue weighted by Crippen LogP contribution is -2.33. The SMILES string of the molecule is NS(=O)(=O)c1ccc(NC(=O)Cn2c3c(sc2=O)[C@@H](c2cccnc2)[C@H]2C(=O)N(c4cccc(C(F)(F)F)c4)C(=O)[C@H]2S3)cc1. The number of halogens is 3. The van der Waals surface area contributed by atoms with Gasteiger partial charge < -0.3 is 5.32 Å². The monoisotopic (exact) mass is 675 g/mol. The molecule has 1 fully saturated rings. The van der Waals surface area contributed by atoms with Gasteiger partial charge in [0.05, 0.1) is 27.1 Å². The highest BCUT2D eigenvalue weighted by Crippen LogP contribution is 2.54. The van der Waals surface area contributed by atoms with Crippen LogP contribution in [0.5, 0.6) is 0 Å². The van der Waals surface area contributed by atoms with Gasteiger partial charge in [-0.1, -0.05) is 35.2 Å². The van der Waals surface area contributed by atoms with E-state index in [1.807, 2.05) is 0 Å². The summed E-state index contributed by atoms with van der Waals surface area (Å²) in [7, 11) is -3.95. The second kappa shape index (κ2) is 11.2. The summed E-state index contributed by atoms with van der Waals surface area (Å²) in [5.41, 5.74) is -0.508. The van der Waals surface area contributed by atoms with Crippen LogP contribution in [0.4, 0.5) is 24.5 Å². The van der Waals surface area contributed by atoms with Gasteiger partial charge in [0.2, 0.25) is 27.7 Å². The largest absolute Gasteiger partial charge is 0.416 e. The van der Waals surface area contributed by atoms with E-state index in [4.69, 9.17) is 5.14 Å². The quantitative estimate of drug-likeness (QED) is 0.294. The molecule has 17 heteroatoms. The fourth-order valence-corrected chi connectivity index (χ4v) is 8.61. The predicted octanol–water partition coefficient (Wildman–Crippen LogP) is 3.41. The summed E-state index contributed by atoms with van der Waals surface area (Å²) in [5.74, 6) is -4.02. The number of hydrogen-bond donors (Lipinski definition) is 2. The van der Waals surface area contributed by atoms with E-state index in [0.29, 0.717) is 10.4 Å². The summed E-state index contributed by atoms with van der Waals surface area (Å²) < 4.78 is 64.6. The normalized spacial score (nSPS) is 19.7. The lowest BCUT2D eigenvalue weighted by Gasteiger charge is -2.30. The zero-order valence-electron chi connectivity index (χ0n) is 22.6. The molecule has 232 valence electrons. The van der Waals surface area contributed by atoms with Crippen LogP contribution in [0, 0.1) is 5.92 Å². The number of imide groups is 1. The van der Waals surface area contributed by atoms with Crippen LogP contribution in [-0.4, -0.2) is 40.9 Å². The number of nitrogens with zero attached hydrogens (tertiary/aromatic N) is 3. The number of sulfonamides is 1. The van der Waals surface area contributed by atoms with E-state index >= 15 is 0 Å². The number of carbonyl (C=O) groups is 3. The number of amides is 3. The van der Waals surface area contributed by atoms with Crippen molar-refractivity contribution in [3.05, 3.63) is 98.7 Å². The van der Waals surface area contributed by atoms with Crippen molar-refractivity contribution < 1.29 is 36.0 Å². The summed E-state index contributed by atoms with van der Waals surface area (Å²) in [6.45, 7) is -0.481. The molecule has 2 aliphatic heterocycles. The van der Waals surface area contributed by atoms with Crippen LogP contribution in [-0.2, 0) is 37.1 Å². The van der Waals surface area contributed by atoms with Crippen molar-refractivity contribution in [2.75, 3.05) is 10.2 Å². The predicted molar refractivity (Wildman–Crippen MR) is 158 cm³/mol. The number of benzene rings is 2. The molecule has 2 aromatic heterocycles. The molecule has 45 heavy (non-hydrogen) atoms. The average Bonchev–Trinajstić information content (AvgIpc) is 3.43. The second-order valence-electron chi connectivity index (χ2n) is 10.1. The number of fused-ring (bicyclic) bond motifs is 2. The maximum atomic E-state index is 13.9. The molecule has 3 amide bonds. The van der Waals surface area contributed by atoms with Crippen molar-refractivity contribution in [3.8, 4) is 0 Å². The Morgan fingerprint density at radius 1 is 1.02 bits per heavy atom. The first-order valence-electron chi connectivity index (χ1n) is 13.0. The van der Waals surface area contributed by atoms with Crippen LogP contribution in [0.25, 0.3) is 0 Å². The van der Waals surface area contributed by atoms with Crippen molar-refractivity contribution in [1.29, 1.82) is 0 Å². The number of pyridine rings is 1. The number of nitrogens with two attached hydrogens (primary N) is 1. The van der Waals surface area contributed by atoms with Gasteiger partial charge in [-0.2, -0.15) is 13.2 Å². The molecule has 4 heterocycles. The summed E-state index contributed by atoms with van der Waals surface area (Å²) in [6, 6.07) is 12.3.